The number of likely N-dealkylation sites (tertiary alicyclic amines) is 1. The fourth-order valence-electron chi connectivity index (χ4n) is 4.42. The number of benzene rings is 1. The number of hydrogen-bond acceptors (Lipinski definition) is 4. The van der Waals surface area contributed by atoms with Crippen LogP contribution < -0.4 is 5.32 Å². The summed E-state index contributed by atoms with van der Waals surface area (Å²) in [5, 5.41) is 6.82. The Morgan fingerprint density at radius 2 is 1.88 bits per heavy atom. The van der Waals surface area contributed by atoms with Gasteiger partial charge in [0.2, 0.25) is 5.91 Å². The SMILES string of the molecule is O=C(NCc1cccnc1)C1CCN(C(=O)c2cc3ccsc3n2Cc2ccc(Cl)cc2)CC1. The highest BCUT2D eigenvalue weighted by Gasteiger charge is 2.29. The molecule has 1 saturated heterocycles. The lowest BCUT2D eigenvalue weighted by atomic mass is 9.95. The maximum atomic E-state index is 13.5. The normalized spacial score (nSPS) is 14.4. The Kier molecular flexibility index (Phi) is 6.65. The van der Waals surface area contributed by atoms with Gasteiger partial charge >= 0.3 is 0 Å². The zero-order valence-electron chi connectivity index (χ0n) is 18.6. The van der Waals surface area contributed by atoms with Gasteiger partial charge in [-0.1, -0.05) is 29.8 Å². The second kappa shape index (κ2) is 9.99. The molecule has 0 aliphatic carbocycles. The van der Waals surface area contributed by atoms with Crippen molar-refractivity contribution in [2.75, 3.05) is 13.1 Å². The van der Waals surface area contributed by atoms with Gasteiger partial charge in [0.15, 0.2) is 0 Å². The zero-order chi connectivity index (χ0) is 23.5. The monoisotopic (exact) mass is 492 g/mol. The van der Waals surface area contributed by atoms with Crippen LogP contribution in [-0.4, -0.2) is 39.4 Å². The third-order valence-corrected chi connectivity index (χ3v) is 7.52. The van der Waals surface area contributed by atoms with Gasteiger partial charge in [-0.2, -0.15) is 0 Å². The maximum Gasteiger partial charge on any atom is 0.270 e. The van der Waals surface area contributed by atoms with Crippen LogP contribution in [0.1, 0.15) is 34.5 Å². The predicted octanol–water partition coefficient (Wildman–Crippen LogP) is 4.97. The first kappa shape index (κ1) is 22.6. The van der Waals surface area contributed by atoms with Crippen LogP contribution in [0.15, 0.2) is 66.3 Å². The van der Waals surface area contributed by atoms with E-state index < -0.39 is 0 Å². The molecular weight excluding hydrogens is 468 g/mol. The molecule has 1 aliphatic rings. The van der Waals surface area contributed by atoms with E-state index in [-0.39, 0.29) is 17.7 Å². The summed E-state index contributed by atoms with van der Waals surface area (Å²) in [5.74, 6) is -0.0146. The number of rotatable bonds is 6. The molecule has 1 aliphatic heterocycles. The van der Waals surface area contributed by atoms with Crippen LogP contribution in [0.25, 0.3) is 10.2 Å². The first-order chi connectivity index (χ1) is 16.6. The lowest BCUT2D eigenvalue weighted by Gasteiger charge is -2.31. The Balaban J connectivity index is 1.25. The van der Waals surface area contributed by atoms with Gasteiger partial charge in [0.1, 0.15) is 10.5 Å². The quantitative estimate of drug-likeness (QED) is 0.413. The first-order valence-electron chi connectivity index (χ1n) is 11.4. The summed E-state index contributed by atoms with van der Waals surface area (Å²) in [6.07, 6.45) is 4.80. The molecule has 0 radical (unpaired) electrons. The third kappa shape index (κ3) is 4.86. The van der Waals surface area contributed by atoms with Crippen LogP contribution >= 0.6 is 22.9 Å². The second-order valence-corrected chi connectivity index (χ2v) is 9.90. The number of pyridine rings is 1. The van der Waals surface area contributed by atoms with Crippen molar-refractivity contribution in [1.29, 1.82) is 0 Å². The smallest absolute Gasteiger partial charge is 0.270 e. The summed E-state index contributed by atoms with van der Waals surface area (Å²) >= 11 is 7.68. The summed E-state index contributed by atoms with van der Waals surface area (Å²) in [6.45, 7) is 2.23. The highest BCUT2D eigenvalue weighted by molar-refractivity contribution is 7.16. The Labute approximate surface area is 207 Å². The maximum absolute atomic E-state index is 13.5. The van der Waals surface area contributed by atoms with Gasteiger partial charge in [0.05, 0.1) is 0 Å². The topological polar surface area (TPSA) is 67.2 Å². The van der Waals surface area contributed by atoms with E-state index in [4.69, 9.17) is 11.6 Å². The number of thiophene rings is 1. The summed E-state index contributed by atoms with van der Waals surface area (Å²) in [5.41, 5.74) is 2.76. The molecule has 0 saturated carbocycles. The minimum atomic E-state index is -0.0786. The standard InChI is InChI=1S/C26H25ClN4O2S/c27-22-5-3-18(4-6-22)17-31-23(14-21-9-13-34-26(21)31)25(33)30-11-7-20(8-12-30)24(32)29-16-19-2-1-10-28-15-19/h1-6,9-10,13-15,20H,7-8,11-12,16-17H2,(H,29,32). The number of carbonyl (C=O) groups is 2. The molecule has 0 unspecified atom stereocenters. The van der Waals surface area contributed by atoms with Crippen molar-refractivity contribution in [3.8, 4) is 0 Å². The number of amides is 2. The molecule has 174 valence electrons. The fourth-order valence-corrected chi connectivity index (χ4v) is 5.45. The molecule has 0 bridgehead atoms. The highest BCUT2D eigenvalue weighted by atomic mass is 35.5. The highest BCUT2D eigenvalue weighted by Crippen LogP contribution is 2.28. The van der Waals surface area contributed by atoms with Gasteiger partial charge in [-0.3, -0.25) is 14.6 Å². The van der Waals surface area contributed by atoms with Gasteiger partial charge in [-0.15, -0.1) is 11.3 Å². The van der Waals surface area contributed by atoms with Crippen LogP contribution in [-0.2, 0) is 17.9 Å². The lowest BCUT2D eigenvalue weighted by molar-refractivity contribution is -0.126. The van der Waals surface area contributed by atoms with Gasteiger partial charge in [0.25, 0.3) is 5.91 Å². The number of hydrogen-bond donors (Lipinski definition) is 1. The molecule has 8 heteroatoms. The summed E-state index contributed by atoms with van der Waals surface area (Å²) in [6, 6.07) is 15.6. The van der Waals surface area contributed by atoms with Crippen molar-refractivity contribution in [2.24, 2.45) is 5.92 Å². The molecule has 4 aromatic rings. The Hall–Kier alpha value is -3.16. The van der Waals surface area contributed by atoms with E-state index in [0.717, 1.165) is 21.3 Å². The van der Waals surface area contributed by atoms with Gasteiger partial charge in [0, 0.05) is 54.9 Å². The van der Waals surface area contributed by atoms with Crippen molar-refractivity contribution in [2.45, 2.75) is 25.9 Å². The summed E-state index contributed by atoms with van der Waals surface area (Å²) in [4.78, 5) is 33.2. The summed E-state index contributed by atoms with van der Waals surface area (Å²) < 4.78 is 2.10. The second-order valence-electron chi connectivity index (χ2n) is 8.57. The van der Waals surface area contributed by atoms with Crippen LogP contribution in [0.4, 0.5) is 0 Å². The van der Waals surface area contributed by atoms with E-state index >= 15 is 0 Å². The summed E-state index contributed by atoms with van der Waals surface area (Å²) in [7, 11) is 0. The third-order valence-electron chi connectivity index (χ3n) is 6.32. The van der Waals surface area contributed by atoms with E-state index in [2.05, 4.69) is 14.9 Å². The molecule has 4 heterocycles. The number of halogens is 1. The molecule has 3 aromatic heterocycles. The van der Waals surface area contributed by atoms with Crippen molar-refractivity contribution in [3.05, 3.63) is 88.1 Å². The minimum Gasteiger partial charge on any atom is -0.352 e. The number of fused-ring (bicyclic) bond motifs is 1. The Bertz CT molecular complexity index is 1290. The van der Waals surface area contributed by atoms with Gasteiger partial charge < -0.3 is 14.8 Å². The molecular formula is C26H25ClN4O2S. The lowest BCUT2D eigenvalue weighted by Crippen LogP contribution is -2.43. The van der Waals surface area contributed by atoms with Crippen LogP contribution in [0.3, 0.4) is 0 Å². The molecule has 0 spiro atoms. The van der Waals surface area contributed by atoms with E-state index in [9.17, 15) is 9.59 Å². The molecule has 34 heavy (non-hydrogen) atoms. The molecule has 1 N–H and O–H groups in total. The number of carbonyl (C=O) groups excluding carboxylic acids is 2. The predicted molar refractivity (Wildman–Crippen MR) is 135 cm³/mol. The van der Waals surface area contributed by atoms with Gasteiger partial charge in [-0.25, -0.2) is 0 Å². The minimum absolute atomic E-state index is 0.0200. The van der Waals surface area contributed by atoms with Crippen molar-refractivity contribution in [1.82, 2.24) is 19.8 Å². The Morgan fingerprint density at radius 1 is 1.09 bits per heavy atom. The van der Waals surface area contributed by atoms with E-state index in [0.29, 0.717) is 49.7 Å². The number of nitrogens with one attached hydrogen (secondary N) is 1. The fraction of sp³-hybridized carbons (Fsp3) is 0.269. The van der Waals surface area contributed by atoms with E-state index in [1.54, 1.807) is 23.7 Å². The van der Waals surface area contributed by atoms with Crippen LogP contribution in [0.2, 0.25) is 5.02 Å². The zero-order valence-corrected chi connectivity index (χ0v) is 20.2. The van der Waals surface area contributed by atoms with Crippen molar-refractivity contribution in [3.63, 3.8) is 0 Å². The van der Waals surface area contributed by atoms with E-state index in [1.807, 2.05) is 58.8 Å². The molecule has 1 aromatic carbocycles. The Morgan fingerprint density at radius 3 is 2.62 bits per heavy atom. The molecule has 2 amide bonds. The number of aromatic nitrogens is 2. The number of nitrogens with zero attached hydrogens (tertiary/aromatic N) is 3. The molecule has 6 nitrogen and oxygen atoms in total. The number of piperidine rings is 1. The molecule has 1 fully saturated rings. The first-order valence-corrected chi connectivity index (χ1v) is 12.6. The largest absolute Gasteiger partial charge is 0.352 e. The van der Waals surface area contributed by atoms with E-state index in [1.165, 1.54) is 0 Å². The van der Waals surface area contributed by atoms with Crippen LogP contribution in [0, 0.1) is 5.92 Å². The van der Waals surface area contributed by atoms with Crippen molar-refractivity contribution < 1.29 is 9.59 Å². The molecule has 0 atom stereocenters. The van der Waals surface area contributed by atoms with Gasteiger partial charge in [-0.05, 0) is 59.7 Å². The molecule has 5 rings (SSSR count). The average molecular weight is 493 g/mol. The van der Waals surface area contributed by atoms with Crippen LogP contribution in [0.5, 0.6) is 0 Å². The average Bonchev–Trinajstić information content (AvgIpc) is 3.47. The van der Waals surface area contributed by atoms with Crippen molar-refractivity contribution >= 4 is 45.0 Å².